The van der Waals surface area contributed by atoms with Gasteiger partial charge in [0.2, 0.25) is 5.91 Å². The number of carbonyl (C=O) groups excluding carboxylic acids is 1. The molecule has 0 heterocycles. The number of benzene rings is 1. The van der Waals surface area contributed by atoms with Crippen LogP contribution in [0.1, 0.15) is 42.4 Å². The highest BCUT2D eigenvalue weighted by atomic mass is 16.1. The second kappa shape index (κ2) is 4.96. The summed E-state index contributed by atoms with van der Waals surface area (Å²) in [6.45, 7) is 6.24. The first-order valence-electron chi connectivity index (χ1n) is 5.40. The lowest BCUT2D eigenvalue weighted by Crippen LogP contribution is -2.15. The number of carbonyl (C=O) groups is 1. The van der Waals surface area contributed by atoms with Gasteiger partial charge in [-0.1, -0.05) is 30.7 Å². The maximum atomic E-state index is 11.0. The monoisotopic (exact) mass is 205 g/mol. The van der Waals surface area contributed by atoms with Crippen molar-refractivity contribution < 1.29 is 4.79 Å². The van der Waals surface area contributed by atoms with Gasteiger partial charge < -0.3 is 5.73 Å². The molecule has 1 aromatic rings. The van der Waals surface area contributed by atoms with Gasteiger partial charge in [-0.25, -0.2) is 0 Å². The smallest absolute Gasteiger partial charge is 0.218 e. The molecule has 0 aliphatic heterocycles. The van der Waals surface area contributed by atoms with Gasteiger partial charge >= 0.3 is 0 Å². The van der Waals surface area contributed by atoms with E-state index in [2.05, 4.69) is 39.0 Å². The highest BCUT2D eigenvalue weighted by Crippen LogP contribution is 2.26. The second-order valence-electron chi connectivity index (χ2n) is 4.14. The number of hydrogen-bond acceptors (Lipinski definition) is 1. The van der Waals surface area contributed by atoms with Crippen LogP contribution >= 0.6 is 0 Å². The molecule has 0 fully saturated rings. The fraction of sp³-hybridized carbons (Fsp3) is 0.462. The molecule has 1 amide bonds. The summed E-state index contributed by atoms with van der Waals surface area (Å²) in [6, 6.07) is 6.36. The molecule has 0 aromatic heterocycles. The molecular formula is C13H19NO. The highest BCUT2D eigenvalue weighted by molar-refractivity contribution is 5.74. The van der Waals surface area contributed by atoms with Crippen molar-refractivity contribution in [3.05, 3.63) is 34.9 Å². The van der Waals surface area contributed by atoms with E-state index in [0.29, 0.717) is 6.42 Å². The van der Waals surface area contributed by atoms with Crippen LogP contribution in [-0.4, -0.2) is 5.91 Å². The molecule has 1 rings (SSSR count). The molecule has 0 aliphatic carbocycles. The molecule has 0 saturated heterocycles. The molecule has 15 heavy (non-hydrogen) atoms. The first kappa shape index (κ1) is 11.8. The Kier molecular flexibility index (Phi) is 3.89. The van der Waals surface area contributed by atoms with Crippen LogP contribution < -0.4 is 5.73 Å². The molecule has 0 spiro atoms. The van der Waals surface area contributed by atoms with E-state index in [1.165, 1.54) is 16.7 Å². The Morgan fingerprint density at radius 3 is 2.60 bits per heavy atom. The van der Waals surface area contributed by atoms with Crippen LogP contribution in [0.25, 0.3) is 0 Å². The minimum Gasteiger partial charge on any atom is -0.370 e. The Hall–Kier alpha value is -1.31. The van der Waals surface area contributed by atoms with Gasteiger partial charge in [-0.2, -0.15) is 0 Å². The van der Waals surface area contributed by atoms with E-state index in [1.54, 1.807) is 0 Å². The molecule has 2 nitrogen and oxygen atoms in total. The Labute approximate surface area is 91.5 Å². The number of hydrogen-bond donors (Lipinski definition) is 1. The summed E-state index contributed by atoms with van der Waals surface area (Å²) in [4.78, 5) is 11.0. The van der Waals surface area contributed by atoms with Crippen molar-refractivity contribution in [1.82, 2.24) is 0 Å². The van der Waals surface area contributed by atoms with E-state index < -0.39 is 0 Å². The zero-order valence-corrected chi connectivity index (χ0v) is 9.71. The molecule has 0 saturated carbocycles. The third-order valence-electron chi connectivity index (χ3n) is 2.81. The average Bonchev–Trinajstić information content (AvgIpc) is 2.18. The predicted octanol–water partition coefficient (Wildman–Crippen LogP) is 2.67. The highest BCUT2D eigenvalue weighted by Gasteiger charge is 2.14. The van der Waals surface area contributed by atoms with Crippen molar-refractivity contribution >= 4 is 5.91 Å². The maximum absolute atomic E-state index is 11.0. The third kappa shape index (κ3) is 3.08. The van der Waals surface area contributed by atoms with Crippen molar-refractivity contribution in [3.63, 3.8) is 0 Å². The zero-order chi connectivity index (χ0) is 11.4. The summed E-state index contributed by atoms with van der Waals surface area (Å²) < 4.78 is 0. The summed E-state index contributed by atoms with van der Waals surface area (Å²) in [5, 5.41) is 0. The Morgan fingerprint density at radius 2 is 2.07 bits per heavy atom. The first-order chi connectivity index (χ1) is 7.04. The van der Waals surface area contributed by atoms with Crippen molar-refractivity contribution in [2.24, 2.45) is 5.73 Å². The SMILES string of the molecule is CCC(CC(N)=O)c1cc(C)ccc1C. The molecule has 0 bridgehead atoms. The van der Waals surface area contributed by atoms with Crippen LogP contribution in [0.5, 0.6) is 0 Å². The predicted molar refractivity (Wildman–Crippen MR) is 62.8 cm³/mol. The van der Waals surface area contributed by atoms with Crippen molar-refractivity contribution in [2.75, 3.05) is 0 Å². The maximum Gasteiger partial charge on any atom is 0.218 e. The molecule has 0 aliphatic rings. The minimum absolute atomic E-state index is 0.220. The summed E-state index contributed by atoms with van der Waals surface area (Å²) in [7, 11) is 0. The number of rotatable bonds is 4. The molecule has 2 N–H and O–H groups in total. The lowest BCUT2D eigenvalue weighted by molar-refractivity contribution is -0.118. The Bertz CT molecular complexity index is 358. The largest absolute Gasteiger partial charge is 0.370 e. The summed E-state index contributed by atoms with van der Waals surface area (Å²) in [6.07, 6.45) is 1.40. The quantitative estimate of drug-likeness (QED) is 0.806. The normalized spacial score (nSPS) is 12.5. The summed E-state index contributed by atoms with van der Waals surface area (Å²) in [5.41, 5.74) is 8.99. The fourth-order valence-electron chi connectivity index (χ4n) is 1.92. The van der Waals surface area contributed by atoms with Crippen molar-refractivity contribution in [3.8, 4) is 0 Å². The number of aryl methyl sites for hydroxylation is 2. The van der Waals surface area contributed by atoms with Gasteiger partial charge in [0.1, 0.15) is 0 Å². The third-order valence-corrected chi connectivity index (χ3v) is 2.81. The lowest BCUT2D eigenvalue weighted by Gasteiger charge is -2.16. The van der Waals surface area contributed by atoms with Crippen molar-refractivity contribution in [2.45, 2.75) is 39.5 Å². The fourth-order valence-corrected chi connectivity index (χ4v) is 1.92. The number of primary amides is 1. The van der Waals surface area contributed by atoms with E-state index in [-0.39, 0.29) is 11.8 Å². The molecule has 1 unspecified atom stereocenters. The van der Waals surface area contributed by atoms with Gasteiger partial charge in [-0.15, -0.1) is 0 Å². The molecule has 1 aromatic carbocycles. The number of amides is 1. The standard InChI is InChI=1S/C13H19NO/c1-4-11(8-13(14)15)12-7-9(2)5-6-10(12)3/h5-7,11H,4,8H2,1-3H3,(H2,14,15). The van der Waals surface area contributed by atoms with Crippen LogP contribution in [0.2, 0.25) is 0 Å². The van der Waals surface area contributed by atoms with Gasteiger partial charge in [-0.3, -0.25) is 4.79 Å². The van der Waals surface area contributed by atoms with Gasteiger partial charge in [-0.05, 0) is 37.3 Å². The van der Waals surface area contributed by atoms with E-state index in [4.69, 9.17) is 5.73 Å². The van der Waals surface area contributed by atoms with Gasteiger partial charge in [0.05, 0.1) is 0 Å². The second-order valence-corrected chi connectivity index (χ2v) is 4.14. The van der Waals surface area contributed by atoms with E-state index >= 15 is 0 Å². The Balaban J connectivity index is 3.00. The molecule has 2 heteroatoms. The van der Waals surface area contributed by atoms with E-state index in [9.17, 15) is 4.79 Å². The average molecular weight is 205 g/mol. The number of nitrogens with two attached hydrogens (primary N) is 1. The van der Waals surface area contributed by atoms with Gasteiger partial charge in [0, 0.05) is 6.42 Å². The van der Waals surface area contributed by atoms with Gasteiger partial charge in [0.25, 0.3) is 0 Å². The Morgan fingerprint density at radius 1 is 1.40 bits per heavy atom. The molecule has 1 atom stereocenters. The van der Waals surface area contributed by atoms with Crippen LogP contribution in [-0.2, 0) is 4.79 Å². The van der Waals surface area contributed by atoms with Crippen LogP contribution in [0.15, 0.2) is 18.2 Å². The first-order valence-corrected chi connectivity index (χ1v) is 5.40. The van der Waals surface area contributed by atoms with E-state index in [0.717, 1.165) is 6.42 Å². The molecule has 82 valence electrons. The minimum atomic E-state index is -0.220. The van der Waals surface area contributed by atoms with Gasteiger partial charge in [0.15, 0.2) is 0 Å². The zero-order valence-electron chi connectivity index (χ0n) is 9.71. The summed E-state index contributed by atoms with van der Waals surface area (Å²) >= 11 is 0. The van der Waals surface area contributed by atoms with Crippen molar-refractivity contribution in [1.29, 1.82) is 0 Å². The molecular weight excluding hydrogens is 186 g/mol. The van der Waals surface area contributed by atoms with Crippen LogP contribution in [0, 0.1) is 13.8 Å². The van der Waals surface area contributed by atoms with Crippen LogP contribution in [0.4, 0.5) is 0 Å². The topological polar surface area (TPSA) is 43.1 Å². The van der Waals surface area contributed by atoms with E-state index in [1.807, 2.05) is 0 Å². The summed E-state index contributed by atoms with van der Waals surface area (Å²) in [5.74, 6) is 0.0464. The lowest BCUT2D eigenvalue weighted by atomic mass is 9.89. The molecule has 0 radical (unpaired) electrons. The van der Waals surface area contributed by atoms with Crippen LogP contribution in [0.3, 0.4) is 0 Å².